The van der Waals surface area contributed by atoms with Crippen LogP contribution in [0.2, 0.25) is 0 Å². The minimum absolute atomic E-state index is 0.896. The molecule has 0 saturated heterocycles. The monoisotopic (exact) mass is 155 g/mol. The summed E-state index contributed by atoms with van der Waals surface area (Å²) < 4.78 is 0. The Morgan fingerprint density at radius 2 is 1.91 bits per heavy atom. The average Bonchev–Trinajstić information content (AvgIpc) is 1.83. The molecule has 1 nitrogen and oxygen atoms in total. The van der Waals surface area contributed by atoms with E-state index in [2.05, 4.69) is 32.7 Å². The van der Waals surface area contributed by atoms with E-state index in [1.165, 1.54) is 19.4 Å². The van der Waals surface area contributed by atoms with Crippen molar-refractivity contribution in [3.8, 4) is 0 Å². The molecule has 11 heavy (non-hydrogen) atoms. The Morgan fingerprint density at radius 3 is 2.27 bits per heavy atom. The van der Waals surface area contributed by atoms with Crippen LogP contribution in [0.1, 0.15) is 33.6 Å². The van der Waals surface area contributed by atoms with Gasteiger partial charge in [-0.25, -0.2) is 0 Å². The van der Waals surface area contributed by atoms with Crippen molar-refractivity contribution in [1.82, 2.24) is 4.90 Å². The summed E-state index contributed by atoms with van der Waals surface area (Å²) in [7, 11) is 2.24. The van der Waals surface area contributed by atoms with Gasteiger partial charge in [0.15, 0.2) is 0 Å². The first kappa shape index (κ1) is 9.05. The second-order valence-electron chi connectivity index (χ2n) is 4.20. The second-order valence-corrected chi connectivity index (χ2v) is 4.20. The minimum atomic E-state index is 0.896. The van der Waals surface area contributed by atoms with Crippen LogP contribution in [0.25, 0.3) is 0 Å². The van der Waals surface area contributed by atoms with Gasteiger partial charge < -0.3 is 4.90 Å². The van der Waals surface area contributed by atoms with Gasteiger partial charge in [0.25, 0.3) is 0 Å². The van der Waals surface area contributed by atoms with Crippen LogP contribution in [0.3, 0.4) is 0 Å². The summed E-state index contributed by atoms with van der Waals surface area (Å²) in [6.07, 6.45) is 2.87. The molecule has 0 amide bonds. The van der Waals surface area contributed by atoms with Gasteiger partial charge >= 0.3 is 0 Å². The first-order valence-electron chi connectivity index (χ1n) is 4.85. The maximum atomic E-state index is 2.47. The Labute approximate surface area is 70.8 Å². The fourth-order valence-electron chi connectivity index (χ4n) is 1.79. The molecule has 0 unspecified atom stereocenters. The van der Waals surface area contributed by atoms with E-state index in [0.29, 0.717) is 0 Å². The Balaban J connectivity index is 2.18. The van der Waals surface area contributed by atoms with Crippen molar-refractivity contribution in [3.63, 3.8) is 0 Å². The van der Waals surface area contributed by atoms with Crippen molar-refractivity contribution in [2.45, 2.75) is 39.7 Å². The highest BCUT2D eigenvalue weighted by molar-refractivity contribution is 4.86. The van der Waals surface area contributed by atoms with Crippen molar-refractivity contribution in [1.29, 1.82) is 0 Å². The SMILES string of the molecule is CCN(C)C1CC(C(C)C)C1. The van der Waals surface area contributed by atoms with Crippen molar-refractivity contribution >= 4 is 0 Å². The molecule has 1 rings (SSSR count). The Kier molecular flexibility index (Phi) is 2.94. The smallest absolute Gasteiger partial charge is 0.00975 e. The predicted molar refractivity (Wildman–Crippen MR) is 49.7 cm³/mol. The van der Waals surface area contributed by atoms with Crippen LogP contribution in [0.5, 0.6) is 0 Å². The van der Waals surface area contributed by atoms with Gasteiger partial charge in [-0.1, -0.05) is 20.8 Å². The molecule has 1 fully saturated rings. The molecule has 0 bridgehead atoms. The zero-order valence-corrected chi connectivity index (χ0v) is 8.30. The lowest BCUT2D eigenvalue weighted by Crippen LogP contribution is -2.43. The van der Waals surface area contributed by atoms with E-state index in [1.807, 2.05) is 0 Å². The average molecular weight is 155 g/mol. The fourth-order valence-corrected chi connectivity index (χ4v) is 1.79. The van der Waals surface area contributed by atoms with Crippen LogP contribution < -0.4 is 0 Å². The zero-order chi connectivity index (χ0) is 8.43. The number of rotatable bonds is 3. The lowest BCUT2D eigenvalue weighted by Gasteiger charge is -2.43. The van der Waals surface area contributed by atoms with Gasteiger partial charge in [-0.3, -0.25) is 0 Å². The Bertz CT molecular complexity index is 114. The molecule has 0 aromatic heterocycles. The van der Waals surface area contributed by atoms with E-state index < -0.39 is 0 Å². The molecule has 66 valence electrons. The van der Waals surface area contributed by atoms with Gasteiger partial charge in [-0.05, 0) is 38.3 Å². The molecule has 0 aromatic carbocycles. The Hall–Kier alpha value is -0.0400. The van der Waals surface area contributed by atoms with E-state index in [1.54, 1.807) is 0 Å². The van der Waals surface area contributed by atoms with Crippen molar-refractivity contribution < 1.29 is 0 Å². The summed E-state index contributed by atoms with van der Waals surface area (Å²) in [5.41, 5.74) is 0. The van der Waals surface area contributed by atoms with Crippen LogP contribution in [-0.4, -0.2) is 24.5 Å². The topological polar surface area (TPSA) is 3.24 Å². The predicted octanol–water partition coefficient (Wildman–Crippen LogP) is 2.37. The molecule has 1 heteroatoms. The van der Waals surface area contributed by atoms with Crippen LogP contribution >= 0.6 is 0 Å². The first-order valence-corrected chi connectivity index (χ1v) is 4.85. The summed E-state index contributed by atoms with van der Waals surface area (Å²) in [5.74, 6) is 1.91. The highest BCUT2D eigenvalue weighted by atomic mass is 15.1. The molecule has 0 atom stereocenters. The normalized spacial score (nSPS) is 31.1. The number of hydrogen-bond acceptors (Lipinski definition) is 1. The van der Waals surface area contributed by atoms with E-state index in [-0.39, 0.29) is 0 Å². The molecule has 1 saturated carbocycles. The van der Waals surface area contributed by atoms with E-state index >= 15 is 0 Å². The number of nitrogens with zero attached hydrogens (tertiary/aromatic N) is 1. The highest BCUT2D eigenvalue weighted by Crippen LogP contribution is 2.36. The van der Waals surface area contributed by atoms with Crippen LogP contribution in [-0.2, 0) is 0 Å². The van der Waals surface area contributed by atoms with Crippen molar-refractivity contribution in [3.05, 3.63) is 0 Å². The fraction of sp³-hybridized carbons (Fsp3) is 1.00. The summed E-state index contributed by atoms with van der Waals surface area (Å²) in [4.78, 5) is 2.47. The summed E-state index contributed by atoms with van der Waals surface area (Å²) in [5, 5.41) is 0. The third-order valence-electron chi connectivity index (χ3n) is 3.21. The quantitative estimate of drug-likeness (QED) is 0.605. The Morgan fingerprint density at radius 1 is 1.36 bits per heavy atom. The summed E-state index contributed by atoms with van der Waals surface area (Å²) in [6.45, 7) is 8.12. The lowest BCUT2D eigenvalue weighted by atomic mass is 9.73. The standard InChI is InChI=1S/C10H21N/c1-5-11(4)10-6-9(7-10)8(2)3/h8-10H,5-7H2,1-4H3. The number of hydrogen-bond donors (Lipinski definition) is 0. The molecule has 0 aliphatic heterocycles. The van der Waals surface area contributed by atoms with Gasteiger partial charge in [0, 0.05) is 6.04 Å². The first-order chi connectivity index (χ1) is 5.15. The molecule has 0 aromatic rings. The van der Waals surface area contributed by atoms with E-state index in [9.17, 15) is 0 Å². The van der Waals surface area contributed by atoms with Crippen LogP contribution in [0, 0.1) is 11.8 Å². The molecule has 0 N–H and O–H groups in total. The highest BCUT2D eigenvalue weighted by Gasteiger charge is 2.32. The molecule has 0 radical (unpaired) electrons. The van der Waals surface area contributed by atoms with Gasteiger partial charge in [-0.2, -0.15) is 0 Å². The third-order valence-corrected chi connectivity index (χ3v) is 3.21. The maximum absolute atomic E-state index is 2.47. The molecule has 0 spiro atoms. The lowest BCUT2D eigenvalue weighted by molar-refractivity contribution is 0.0783. The van der Waals surface area contributed by atoms with Crippen LogP contribution in [0.4, 0.5) is 0 Å². The second kappa shape index (κ2) is 3.57. The van der Waals surface area contributed by atoms with E-state index in [4.69, 9.17) is 0 Å². The molecule has 1 aliphatic carbocycles. The van der Waals surface area contributed by atoms with Crippen LogP contribution in [0.15, 0.2) is 0 Å². The van der Waals surface area contributed by atoms with E-state index in [0.717, 1.165) is 17.9 Å². The van der Waals surface area contributed by atoms with Gasteiger partial charge in [0.2, 0.25) is 0 Å². The molecular weight excluding hydrogens is 134 g/mol. The molecule has 0 heterocycles. The van der Waals surface area contributed by atoms with Crippen molar-refractivity contribution in [2.75, 3.05) is 13.6 Å². The largest absolute Gasteiger partial charge is 0.304 e. The molecule has 1 aliphatic rings. The minimum Gasteiger partial charge on any atom is -0.304 e. The van der Waals surface area contributed by atoms with Gasteiger partial charge in [0.05, 0.1) is 0 Å². The zero-order valence-electron chi connectivity index (χ0n) is 8.30. The third kappa shape index (κ3) is 1.96. The summed E-state index contributed by atoms with van der Waals surface area (Å²) in [6, 6.07) is 0.896. The maximum Gasteiger partial charge on any atom is 0.00975 e. The summed E-state index contributed by atoms with van der Waals surface area (Å²) >= 11 is 0. The van der Waals surface area contributed by atoms with Crippen molar-refractivity contribution in [2.24, 2.45) is 11.8 Å². The van der Waals surface area contributed by atoms with Gasteiger partial charge in [-0.15, -0.1) is 0 Å². The molecular formula is C10H21N. The van der Waals surface area contributed by atoms with Gasteiger partial charge in [0.1, 0.15) is 0 Å².